The zero-order valence-electron chi connectivity index (χ0n) is 16.9. The second-order valence-corrected chi connectivity index (χ2v) is 7.68. The molecule has 2 aromatic rings. The Labute approximate surface area is 166 Å². The van der Waals surface area contributed by atoms with Gasteiger partial charge in [-0.2, -0.15) is 0 Å². The third kappa shape index (κ3) is 4.09. The lowest BCUT2D eigenvalue weighted by atomic mass is 9.77. The zero-order chi connectivity index (χ0) is 20.1. The van der Waals surface area contributed by atoms with Gasteiger partial charge in [-0.1, -0.05) is 54.6 Å². The zero-order valence-corrected chi connectivity index (χ0v) is 16.9. The van der Waals surface area contributed by atoms with Crippen molar-refractivity contribution >= 4 is 11.8 Å². The average molecular weight is 380 g/mol. The van der Waals surface area contributed by atoms with Crippen molar-refractivity contribution in [1.82, 2.24) is 9.80 Å². The van der Waals surface area contributed by atoms with Gasteiger partial charge in [-0.15, -0.1) is 0 Å². The monoisotopic (exact) mass is 380 g/mol. The van der Waals surface area contributed by atoms with Crippen molar-refractivity contribution in [1.29, 1.82) is 0 Å². The van der Waals surface area contributed by atoms with E-state index in [0.29, 0.717) is 25.9 Å². The van der Waals surface area contributed by atoms with Crippen LogP contribution in [0.15, 0.2) is 54.6 Å². The van der Waals surface area contributed by atoms with Crippen LogP contribution < -0.4 is 0 Å². The second-order valence-electron chi connectivity index (χ2n) is 7.68. The van der Waals surface area contributed by atoms with Crippen LogP contribution in [-0.2, 0) is 20.7 Å². The number of rotatable bonds is 6. The number of amides is 2. The van der Waals surface area contributed by atoms with Crippen LogP contribution in [0.3, 0.4) is 0 Å². The van der Waals surface area contributed by atoms with Crippen LogP contribution in [0, 0.1) is 5.41 Å². The largest absolute Gasteiger partial charge is 0.375 e. The first-order valence-electron chi connectivity index (χ1n) is 9.59. The highest BCUT2D eigenvalue weighted by atomic mass is 16.5. The minimum absolute atomic E-state index is 0.0484. The molecule has 1 fully saturated rings. The van der Waals surface area contributed by atoms with E-state index in [1.807, 2.05) is 30.3 Å². The van der Waals surface area contributed by atoms with Gasteiger partial charge in [0.2, 0.25) is 11.8 Å². The predicted octanol–water partition coefficient (Wildman–Crippen LogP) is 2.85. The minimum Gasteiger partial charge on any atom is -0.375 e. The molecule has 1 aliphatic rings. The van der Waals surface area contributed by atoms with Crippen LogP contribution in [0.5, 0.6) is 0 Å². The summed E-state index contributed by atoms with van der Waals surface area (Å²) < 4.78 is 5.00. The highest BCUT2D eigenvalue weighted by Gasteiger charge is 2.46. The molecule has 3 rings (SSSR count). The van der Waals surface area contributed by atoms with Gasteiger partial charge < -0.3 is 14.5 Å². The molecule has 28 heavy (non-hydrogen) atoms. The summed E-state index contributed by atoms with van der Waals surface area (Å²) in [4.78, 5) is 29.0. The van der Waals surface area contributed by atoms with Crippen molar-refractivity contribution in [2.45, 2.75) is 12.8 Å². The fourth-order valence-corrected chi connectivity index (χ4v) is 4.11. The van der Waals surface area contributed by atoms with Gasteiger partial charge in [0.05, 0.1) is 5.41 Å². The van der Waals surface area contributed by atoms with Gasteiger partial charge in [0.25, 0.3) is 0 Å². The maximum Gasteiger partial charge on any atom is 0.248 e. The number of hydrogen-bond donors (Lipinski definition) is 0. The first-order valence-corrected chi connectivity index (χ1v) is 9.59. The lowest BCUT2D eigenvalue weighted by molar-refractivity contribution is -0.140. The highest BCUT2D eigenvalue weighted by Crippen LogP contribution is 2.38. The molecule has 1 atom stereocenters. The highest BCUT2D eigenvalue weighted by molar-refractivity contribution is 5.86. The van der Waals surface area contributed by atoms with Crippen molar-refractivity contribution in [2.75, 3.05) is 40.9 Å². The molecular formula is C23H28N2O3. The Balaban J connectivity index is 1.95. The first-order chi connectivity index (χ1) is 13.5. The molecule has 5 nitrogen and oxygen atoms in total. The lowest BCUT2D eigenvalue weighted by Crippen LogP contribution is -2.45. The molecule has 2 amide bonds. The van der Waals surface area contributed by atoms with Gasteiger partial charge in [0, 0.05) is 34.3 Å². The van der Waals surface area contributed by atoms with E-state index < -0.39 is 5.41 Å². The topological polar surface area (TPSA) is 49.9 Å². The van der Waals surface area contributed by atoms with Crippen LogP contribution in [0.25, 0.3) is 11.1 Å². The summed E-state index contributed by atoms with van der Waals surface area (Å²) in [5, 5.41) is 0. The number of carbonyl (C=O) groups excluding carboxylic acids is 2. The summed E-state index contributed by atoms with van der Waals surface area (Å²) in [5.74, 6) is 0.00959. The van der Waals surface area contributed by atoms with Gasteiger partial charge in [0.15, 0.2) is 0 Å². The van der Waals surface area contributed by atoms with E-state index in [9.17, 15) is 9.59 Å². The van der Waals surface area contributed by atoms with Gasteiger partial charge in [-0.05, 0) is 29.5 Å². The van der Waals surface area contributed by atoms with Crippen molar-refractivity contribution < 1.29 is 14.3 Å². The SMILES string of the molecule is COCC(=O)N1CC[C@](Cc2ccccc2-c2ccccc2)(C(=O)N(C)C)C1. The molecule has 0 radical (unpaired) electrons. The molecule has 1 aliphatic heterocycles. The Hall–Kier alpha value is -2.66. The number of methoxy groups -OCH3 is 1. The summed E-state index contributed by atoms with van der Waals surface area (Å²) in [6.07, 6.45) is 1.26. The molecule has 0 spiro atoms. The molecule has 148 valence electrons. The van der Waals surface area contributed by atoms with Gasteiger partial charge >= 0.3 is 0 Å². The summed E-state index contributed by atoms with van der Waals surface area (Å²) in [6, 6.07) is 18.4. The van der Waals surface area contributed by atoms with Crippen LogP contribution >= 0.6 is 0 Å². The molecule has 5 heteroatoms. The number of benzene rings is 2. The smallest absolute Gasteiger partial charge is 0.248 e. The van der Waals surface area contributed by atoms with Crippen LogP contribution in [0.2, 0.25) is 0 Å². The Morgan fingerprint density at radius 2 is 1.75 bits per heavy atom. The molecule has 1 saturated heterocycles. The fraction of sp³-hybridized carbons (Fsp3) is 0.391. The third-order valence-electron chi connectivity index (χ3n) is 5.47. The van der Waals surface area contributed by atoms with E-state index in [1.54, 1.807) is 23.9 Å². The number of nitrogens with zero attached hydrogens (tertiary/aromatic N) is 2. The number of hydrogen-bond acceptors (Lipinski definition) is 3. The van der Waals surface area contributed by atoms with E-state index in [4.69, 9.17) is 4.74 Å². The third-order valence-corrected chi connectivity index (χ3v) is 5.47. The molecular weight excluding hydrogens is 352 g/mol. The molecule has 2 aromatic carbocycles. The molecule has 0 unspecified atom stereocenters. The van der Waals surface area contributed by atoms with Crippen molar-refractivity contribution in [3.63, 3.8) is 0 Å². The Kier molecular flexibility index (Phi) is 6.15. The Morgan fingerprint density at radius 3 is 2.43 bits per heavy atom. The van der Waals surface area contributed by atoms with Crippen LogP contribution in [-0.4, -0.2) is 62.5 Å². The van der Waals surface area contributed by atoms with Crippen molar-refractivity contribution in [2.24, 2.45) is 5.41 Å². The summed E-state index contributed by atoms with van der Waals surface area (Å²) in [5.41, 5.74) is 2.79. The van der Waals surface area contributed by atoms with Crippen LogP contribution in [0.4, 0.5) is 0 Å². The number of ether oxygens (including phenoxy) is 1. The molecule has 0 N–H and O–H groups in total. The quantitative estimate of drug-likeness (QED) is 0.774. The maximum atomic E-state index is 13.2. The van der Waals surface area contributed by atoms with E-state index >= 15 is 0 Å². The summed E-state index contributed by atoms with van der Waals surface area (Å²) in [7, 11) is 5.09. The standard InChI is InChI=1S/C23H28N2O3/c1-24(2)22(27)23(13-14-25(17-23)21(26)16-28-3)15-19-11-7-8-12-20(19)18-9-5-4-6-10-18/h4-12H,13-17H2,1-3H3/t23-/m1/s1. The summed E-state index contributed by atoms with van der Waals surface area (Å²) in [6.45, 7) is 1.05. The molecule has 0 aromatic heterocycles. The van der Waals surface area contributed by atoms with Gasteiger partial charge in [-0.3, -0.25) is 9.59 Å². The van der Waals surface area contributed by atoms with Crippen molar-refractivity contribution in [3.05, 3.63) is 60.2 Å². The molecule has 0 bridgehead atoms. The predicted molar refractivity (Wildman–Crippen MR) is 110 cm³/mol. The molecule has 0 aliphatic carbocycles. The van der Waals surface area contributed by atoms with Gasteiger partial charge in [0.1, 0.15) is 6.61 Å². The molecule has 1 heterocycles. The van der Waals surface area contributed by atoms with E-state index in [2.05, 4.69) is 24.3 Å². The van der Waals surface area contributed by atoms with Crippen LogP contribution in [0.1, 0.15) is 12.0 Å². The van der Waals surface area contributed by atoms with Crippen molar-refractivity contribution in [3.8, 4) is 11.1 Å². The molecule has 0 saturated carbocycles. The number of likely N-dealkylation sites (tertiary alicyclic amines) is 1. The maximum absolute atomic E-state index is 13.2. The average Bonchev–Trinajstić information content (AvgIpc) is 3.14. The van der Waals surface area contributed by atoms with E-state index in [0.717, 1.165) is 16.7 Å². The number of carbonyl (C=O) groups is 2. The minimum atomic E-state index is -0.613. The van der Waals surface area contributed by atoms with E-state index in [-0.39, 0.29) is 18.4 Å². The fourth-order valence-electron chi connectivity index (χ4n) is 4.11. The summed E-state index contributed by atoms with van der Waals surface area (Å²) >= 11 is 0. The lowest BCUT2D eigenvalue weighted by Gasteiger charge is -2.31. The normalized spacial score (nSPS) is 18.9. The Bertz CT molecular complexity index is 835. The Morgan fingerprint density at radius 1 is 1.07 bits per heavy atom. The van der Waals surface area contributed by atoms with E-state index in [1.165, 1.54) is 7.11 Å². The van der Waals surface area contributed by atoms with Gasteiger partial charge in [-0.25, -0.2) is 0 Å². The second kappa shape index (κ2) is 8.57. The first kappa shape index (κ1) is 20.1.